The molecule has 0 atom stereocenters. The van der Waals surface area contributed by atoms with Crippen LogP contribution in [0.25, 0.3) is 11.0 Å². The number of carboxylic acids is 1. The van der Waals surface area contributed by atoms with Crippen molar-refractivity contribution in [3.05, 3.63) is 30.1 Å². The van der Waals surface area contributed by atoms with E-state index in [0.29, 0.717) is 6.42 Å². The zero-order valence-electron chi connectivity index (χ0n) is 11.0. The second-order valence-electron chi connectivity index (χ2n) is 5.13. The molecule has 1 N–H and O–H groups in total. The van der Waals surface area contributed by atoms with Crippen LogP contribution >= 0.6 is 0 Å². The zero-order chi connectivity index (χ0) is 13.3. The normalized spacial score (nSPS) is 11.9. The van der Waals surface area contributed by atoms with E-state index >= 15 is 0 Å². The molecule has 0 aliphatic carbocycles. The molecular formula is C14H18N2O2. The Bertz CT molecular complexity index is 584. The van der Waals surface area contributed by atoms with Crippen LogP contribution in [0.2, 0.25) is 0 Å². The lowest BCUT2D eigenvalue weighted by Gasteiger charge is -2.19. The summed E-state index contributed by atoms with van der Waals surface area (Å²) >= 11 is 0. The number of para-hydroxylation sites is 2. The number of carbonyl (C=O) groups is 1. The molecule has 1 aromatic carbocycles. The summed E-state index contributed by atoms with van der Waals surface area (Å²) in [6.45, 7) is 6.31. The third-order valence-corrected chi connectivity index (χ3v) is 3.23. The fourth-order valence-corrected chi connectivity index (χ4v) is 2.08. The van der Waals surface area contributed by atoms with Crippen molar-refractivity contribution in [1.82, 2.24) is 9.55 Å². The molecule has 18 heavy (non-hydrogen) atoms. The molecule has 0 saturated carbocycles. The standard InChI is InChI=1S/C14H18N2O2/c1-4-16-11-8-6-5-7-10(11)15-12(16)9-14(2,3)13(17)18/h5-8H,4,9H2,1-3H3,(H,17,18). The Morgan fingerprint density at radius 1 is 1.39 bits per heavy atom. The molecule has 0 saturated heterocycles. The molecule has 0 aliphatic heterocycles. The maximum atomic E-state index is 11.2. The SMILES string of the molecule is CCn1c(CC(C)(C)C(=O)O)nc2ccccc21. The Balaban J connectivity index is 2.48. The number of aryl methyl sites for hydroxylation is 1. The summed E-state index contributed by atoms with van der Waals surface area (Å²) in [5, 5.41) is 9.20. The quantitative estimate of drug-likeness (QED) is 0.902. The third-order valence-electron chi connectivity index (χ3n) is 3.23. The lowest BCUT2D eigenvalue weighted by Crippen LogP contribution is -2.27. The van der Waals surface area contributed by atoms with Crippen molar-refractivity contribution >= 4 is 17.0 Å². The maximum Gasteiger partial charge on any atom is 0.309 e. The number of nitrogens with zero attached hydrogens (tertiary/aromatic N) is 2. The highest BCUT2D eigenvalue weighted by atomic mass is 16.4. The van der Waals surface area contributed by atoms with Gasteiger partial charge in [-0.2, -0.15) is 0 Å². The van der Waals surface area contributed by atoms with Gasteiger partial charge in [-0.15, -0.1) is 0 Å². The van der Waals surface area contributed by atoms with E-state index in [0.717, 1.165) is 23.4 Å². The van der Waals surface area contributed by atoms with E-state index in [2.05, 4.69) is 9.55 Å². The number of fused-ring (bicyclic) bond motifs is 1. The van der Waals surface area contributed by atoms with Crippen LogP contribution in [0.4, 0.5) is 0 Å². The Kier molecular flexibility index (Phi) is 3.11. The van der Waals surface area contributed by atoms with Gasteiger partial charge in [0.05, 0.1) is 16.4 Å². The number of rotatable bonds is 4. The van der Waals surface area contributed by atoms with E-state index in [9.17, 15) is 9.90 Å². The summed E-state index contributed by atoms with van der Waals surface area (Å²) in [5.41, 5.74) is 1.20. The summed E-state index contributed by atoms with van der Waals surface area (Å²) in [6.07, 6.45) is 0.435. The second kappa shape index (κ2) is 4.44. The minimum atomic E-state index is -0.797. The van der Waals surface area contributed by atoms with Crippen LogP contribution in [-0.4, -0.2) is 20.6 Å². The minimum Gasteiger partial charge on any atom is -0.481 e. The highest BCUT2D eigenvalue weighted by Gasteiger charge is 2.29. The van der Waals surface area contributed by atoms with Crippen LogP contribution in [0, 0.1) is 5.41 Å². The van der Waals surface area contributed by atoms with Gasteiger partial charge in [-0.05, 0) is 32.9 Å². The average Bonchev–Trinajstić information content (AvgIpc) is 2.64. The molecule has 0 bridgehead atoms. The highest BCUT2D eigenvalue weighted by molar-refractivity contribution is 5.77. The van der Waals surface area contributed by atoms with Gasteiger partial charge in [-0.3, -0.25) is 4.79 Å². The molecule has 4 nitrogen and oxygen atoms in total. The van der Waals surface area contributed by atoms with E-state index in [-0.39, 0.29) is 0 Å². The molecule has 1 aromatic heterocycles. The molecule has 0 radical (unpaired) electrons. The molecule has 0 fully saturated rings. The first-order chi connectivity index (χ1) is 8.45. The van der Waals surface area contributed by atoms with Gasteiger partial charge in [0, 0.05) is 13.0 Å². The summed E-state index contributed by atoms with van der Waals surface area (Å²) in [6, 6.07) is 7.89. The molecular weight excluding hydrogens is 228 g/mol. The van der Waals surface area contributed by atoms with Gasteiger partial charge in [0.25, 0.3) is 0 Å². The van der Waals surface area contributed by atoms with E-state index in [1.807, 2.05) is 31.2 Å². The predicted octanol–water partition coefficient (Wildman–Crippen LogP) is 2.71. The number of hydrogen-bond acceptors (Lipinski definition) is 2. The first-order valence-corrected chi connectivity index (χ1v) is 6.13. The van der Waals surface area contributed by atoms with Crippen LogP contribution < -0.4 is 0 Å². The van der Waals surface area contributed by atoms with Crippen LogP contribution in [-0.2, 0) is 17.8 Å². The molecule has 0 spiro atoms. The number of carboxylic acid groups (broad SMARTS) is 1. The molecule has 1 heterocycles. The Labute approximate surface area is 106 Å². The molecule has 0 aliphatic rings. The van der Waals surface area contributed by atoms with Crippen molar-refractivity contribution in [2.24, 2.45) is 5.41 Å². The molecule has 2 rings (SSSR count). The zero-order valence-corrected chi connectivity index (χ0v) is 11.0. The van der Waals surface area contributed by atoms with E-state index < -0.39 is 11.4 Å². The van der Waals surface area contributed by atoms with Gasteiger partial charge in [0.15, 0.2) is 0 Å². The topological polar surface area (TPSA) is 55.1 Å². The highest BCUT2D eigenvalue weighted by Crippen LogP contribution is 2.24. The second-order valence-corrected chi connectivity index (χ2v) is 5.13. The third kappa shape index (κ3) is 2.10. The molecule has 2 aromatic rings. The van der Waals surface area contributed by atoms with Crippen molar-refractivity contribution in [2.45, 2.75) is 33.7 Å². The Hall–Kier alpha value is -1.84. The summed E-state index contributed by atoms with van der Waals surface area (Å²) in [4.78, 5) is 15.8. The number of aromatic nitrogens is 2. The van der Waals surface area contributed by atoms with Gasteiger partial charge in [-0.25, -0.2) is 4.98 Å². The van der Waals surface area contributed by atoms with Crippen LogP contribution in [0.5, 0.6) is 0 Å². The van der Waals surface area contributed by atoms with Crippen LogP contribution in [0.3, 0.4) is 0 Å². The monoisotopic (exact) mass is 246 g/mol. The van der Waals surface area contributed by atoms with Gasteiger partial charge in [0.2, 0.25) is 0 Å². The largest absolute Gasteiger partial charge is 0.481 e. The van der Waals surface area contributed by atoms with E-state index in [1.165, 1.54) is 0 Å². The van der Waals surface area contributed by atoms with E-state index in [1.54, 1.807) is 13.8 Å². The Morgan fingerprint density at radius 3 is 2.67 bits per heavy atom. The van der Waals surface area contributed by atoms with Gasteiger partial charge in [0.1, 0.15) is 5.82 Å². The van der Waals surface area contributed by atoms with Crippen molar-refractivity contribution in [1.29, 1.82) is 0 Å². The average molecular weight is 246 g/mol. The predicted molar refractivity (Wildman–Crippen MR) is 70.5 cm³/mol. The van der Waals surface area contributed by atoms with Gasteiger partial charge >= 0.3 is 5.97 Å². The lowest BCUT2D eigenvalue weighted by atomic mass is 9.89. The summed E-state index contributed by atoms with van der Waals surface area (Å²) in [7, 11) is 0. The number of hydrogen-bond donors (Lipinski definition) is 1. The lowest BCUT2D eigenvalue weighted by molar-refractivity contribution is -0.146. The van der Waals surface area contributed by atoms with Crippen LogP contribution in [0.15, 0.2) is 24.3 Å². The van der Waals surface area contributed by atoms with Gasteiger partial charge in [-0.1, -0.05) is 12.1 Å². The van der Waals surface area contributed by atoms with Crippen molar-refractivity contribution < 1.29 is 9.90 Å². The van der Waals surface area contributed by atoms with Crippen molar-refractivity contribution in [3.8, 4) is 0 Å². The van der Waals surface area contributed by atoms with Crippen molar-refractivity contribution in [2.75, 3.05) is 0 Å². The number of benzene rings is 1. The van der Waals surface area contributed by atoms with Crippen molar-refractivity contribution in [3.63, 3.8) is 0 Å². The Morgan fingerprint density at radius 2 is 2.06 bits per heavy atom. The maximum absolute atomic E-state index is 11.2. The van der Waals surface area contributed by atoms with Crippen LogP contribution in [0.1, 0.15) is 26.6 Å². The molecule has 0 unspecified atom stereocenters. The summed E-state index contributed by atoms with van der Waals surface area (Å²) < 4.78 is 2.08. The first-order valence-electron chi connectivity index (χ1n) is 6.13. The molecule has 96 valence electrons. The fraction of sp³-hybridized carbons (Fsp3) is 0.429. The fourth-order valence-electron chi connectivity index (χ4n) is 2.08. The summed E-state index contributed by atoms with van der Waals surface area (Å²) in [5.74, 6) is 0.0447. The smallest absolute Gasteiger partial charge is 0.309 e. The number of aliphatic carboxylic acids is 1. The van der Waals surface area contributed by atoms with Gasteiger partial charge < -0.3 is 9.67 Å². The molecule has 0 amide bonds. The molecule has 4 heteroatoms. The minimum absolute atomic E-state index is 0.435. The van der Waals surface area contributed by atoms with E-state index in [4.69, 9.17) is 0 Å². The number of imidazole rings is 1. The first kappa shape index (κ1) is 12.6.